The molecule has 0 bridgehead atoms. The Morgan fingerprint density at radius 2 is 2.23 bits per heavy atom. The zero-order valence-corrected chi connectivity index (χ0v) is 7.75. The molecule has 1 heterocycles. The summed E-state index contributed by atoms with van der Waals surface area (Å²) in [6.07, 6.45) is 1.85. The molecule has 0 spiro atoms. The monoisotopic (exact) mass is 186 g/mol. The van der Waals surface area contributed by atoms with Crippen molar-refractivity contribution in [2.24, 2.45) is 0 Å². The minimum absolute atomic E-state index is 0.0166. The molecule has 0 aliphatic carbocycles. The van der Waals surface area contributed by atoms with Crippen LogP contribution in [0.3, 0.4) is 0 Å². The van der Waals surface area contributed by atoms with Gasteiger partial charge in [-0.2, -0.15) is 0 Å². The van der Waals surface area contributed by atoms with Crippen LogP contribution >= 0.6 is 0 Å². The number of ketones is 1. The van der Waals surface area contributed by atoms with Crippen LogP contribution in [0.4, 0.5) is 0 Å². The zero-order chi connectivity index (χ0) is 9.68. The third kappa shape index (κ3) is 3.14. The summed E-state index contributed by atoms with van der Waals surface area (Å²) in [6.45, 7) is 0.661. The summed E-state index contributed by atoms with van der Waals surface area (Å²) in [5.74, 6) is -0.325. The SMILES string of the molecule is COC(=O)CCC(=O)C1CCCO1. The quantitative estimate of drug-likeness (QED) is 0.606. The molecule has 1 aliphatic heterocycles. The second-order valence-electron chi connectivity index (χ2n) is 3.04. The van der Waals surface area contributed by atoms with Crippen LogP contribution in [-0.2, 0) is 19.1 Å². The summed E-state index contributed by atoms with van der Waals surface area (Å²) in [7, 11) is 1.32. The Labute approximate surface area is 77.2 Å². The topological polar surface area (TPSA) is 52.6 Å². The average molecular weight is 186 g/mol. The second kappa shape index (κ2) is 4.97. The lowest BCUT2D eigenvalue weighted by Crippen LogP contribution is -2.20. The van der Waals surface area contributed by atoms with Gasteiger partial charge in [-0.25, -0.2) is 0 Å². The highest BCUT2D eigenvalue weighted by Gasteiger charge is 2.23. The van der Waals surface area contributed by atoms with Gasteiger partial charge >= 0.3 is 5.97 Å². The molecule has 4 nitrogen and oxygen atoms in total. The molecule has 4 heteroatoms. The molecule has 1 unspecified atom stereocenters. The van der Waals surface area contributed by atoms with Gasteiger partial charge in [-0.3, -0.25) is 9.59 Å². The summed E-state index contributed by atoms with van der Waals surface area (Å²) in [5.41, 5.74) is 0. The van der Waals surface area contributed by atoms with Gasteiger partial charge in [-0.1, -0.05) is 0 Å². The van der Waals surface area contributed by atoms with Gasteiger partial charge in [0.15, 0.2) is 5.78 Å². The number of hydrogen-bond donors (Lipinski definition) is 0. The summed E-state index contributed by atoms with van der Waals surface area (Å²) >= 11 is 0. The summed E-state index contributed by atoms with van der Waals surface area (Å²) in [6, 6.07) is 0. The van der Waals surface area contributed by atoms with Crippen LogP contribution in [0.25, 0.3) is 0 Å². The van der Waals surface area contributed by atoms with Crippen LogP contribution in [0.15, 0.2) is 0 Å². The Kier molecular flexibility index (Phi) is 3.89. The van der Waals surface area contributed by atoms with E-state index in [0.717, 1.165) is 12.8 Å². The lowest BCUT2D eigenvalue weighted by atomic mass is 10.1. The molecule has 0 saturated carbocycles. The van der Waals surface area contributed by atoms with Crippen LogP contribution in [0, 0.1) is 0 Å². The molecular weight excluding hydrogens is 172 g/mol. The summed E-state index contributed by atoms with van der Waals surface area (Å²) < 4.78 is 9.61. The molecule has 0 radical (unpaired) electrons. The van der Waals surface area contributed by atoms with Crippen molar-refractivity contribution < 1.29 is 19.1 Å². The first-order valence-electron chi connectivity index (χ1n) is 4.45. The lowest BCUT2D eigenvalue weighted by molar-refractivity contribution is -0.142. The Morgan fingerprint density at radius 1 is 1.46 bits per heavy atom. The van der Waals surface area contributed by atoms with E-state index in [1.165, 1.54) is 7.11 Å². The maximum absolute atomic E-state index is 11.3. The van der Waals surface area contributed by atoms with Crippen molar-refractivity contribution in [1.82, 2.24) is 0 Å². The predicted molar refractivity (Wildman–Crippen MR) is 45.2 cm³/mol. The normalized spacial score (nSPS) is 21.5. The van der Waals surface area contributed by atoms with Crippen molar-refractivity contribution in [1.29, 1.82) is 0 Å². The van der Waals surface area contributed by atoms with Crippen LogP contribution in [0.5, 0.6) is 0 Å². The predicted octanol–water partition coefficient (Wildman–Crippen LogP) is 0.688. The fourth-order valence-electron chi connectivity index (χ4n) is 1.32. The highest BCUT2D eigenvalue weighted by atomic mass is 16.5. The van der Waals surface area contributed by atoms with Crippen molar-refractivity contribution in [2.45, 2.75) is 31.8 Å². The Morgan fingerprint density at radius 3 is 2.77 bits per heavy atom. The van der Waals surface area contributed by atoms with E-state index in [1.807, 2.05) is 0 Å². The van der Waals surface area contributed by atoms with Gasteiger partial charge < -0.3 is 9.47 Å². The smallest absolute Gasteiger partial charge is 0.305 e. The molecule has 0 aromatic heterocycles. The van der Waals surface area contributed by atoms with Gasteiger partial charge in [-0.05, 0) is 12.8 Å². The number of carbonyl (C=O) groups excluding carboxylic acids is 2. The second-order valence-corrected chi connectivity index (χ2v) is 3.04. The lowest BCUT2D eigenvalue weighted by Gasteiger charge is -2.06. The van der Waals surface area contributed by atoms with E-state index in [4.69, 9.17) is 4.74 Å². The van der Waals surface area contributed by atoms with Crippen LogP contribution in [-0.4, -0.2) is 31.6 Å². The highest BCUT2D eigenvalue weighted by molar-refractivity contribution is 5.86. The maximum atomic E-state index is 11.3. The van der Waals surface area contributed by atoms with E-state index in [9.17, 15) is 9.59 Å². The maximum Gasteiger partial charge on any atom is 0.305 e. The molecule has 1 rings (SSSR count). The van der Waals surface area contributed by atoms with Crippen molar-refractivity contribution in [2.75, 3.05) is 13.7 Å². The molecule has 0 N–H and O–H groups in total. The minimum Gasteiger partial charge on any atom is -0.469 e. The molecule has 0 aromatic rings. The van der Waals surface area contributed by atoms with Crippen molar-refractivity contribution in [3.05, 3.63) is 0 Å². The van der Waals surface area contributed by atoms with Crippen LogP contribution in [0.2, 0.25) is 0 Å². The van der Waals surface area contributed by atoms with E-state index >= 15 is 0 Å². The van der Waals surface area contributed by atoms with Crippen molar-refractivity contribution >= 4 is 11.8 Å². The molecule has 13 heavy (non-hydrogen) atoms. The number of ether oxygens (including phenoxy) is 2. The number of methoxy groups -OCH3 is 1. The number of rotatable bonds is 4. The first kappa shape index (κ1) is 10.2. The molecule has 0 amide bonds. The Balaban J connectivity index is 2.20. The largest absolute Gasteiger partial charge is 0.469 e. The Hall–Kier alpha value is -0.900. The van der Waals surface area contributed by atoms with Gasteiger partial charge in [-0.15, -0.1) is 0 Å². The van der Waals surface area contributed by atoms with Gasteiger partial charge in [0.05, 0.1) is 13.5 Å². The fourth-order valence-corrected chi connectivity index (χ4v) is 1.32. The first-order valence-corrected chi connectivity index (χ1v) is 4.45. The van der Waals surface area contributed by atoms with Crippen LogP contribution in [0.1, 0.15) is 25.7 Å². The number of Topliss-reactive ketones (excluding diaryl/α,β-unsaturated/α-hetero) is 1. The average Bonchev–Trinajstić information content (AvgIpc) is 2.66. The Bertz CT molecular complexity index is 194. The van der Waals surface area contributed by atoms with Crippen molar-refractivity contribution in [3.63, 3.8) is 0 Å². The third-order valence-corrected chi connectivity index (χ3v) is 2.09. The number of carbonyl (C=O) groups is 2. The van der Waals surface area contributed by atoms with Gasteiger partial charge in [0.1, 0.15) is 6.10 Å². The highest BCUT2D eigenvalue weighted by Crippen LogP contribution is 2.14. The fraction of sp³-hybridized carbons (Fsp3) is 0.778. The molecule has 74 valence electrons. The first-order chi connectivity index (χ1) is 6.24. The molecular formula is C9H14O4. The number of esters is 1. The van der Waals surface area contributed by atoms with E-state index < -0.39 is 0 Å². The summed E-state index contributed by atoms with van der Waals surface area (Å²) in [5, 5.41) is 0. The standard InChI is InChI=1S/C9H14O4/c1-12-9(11)5-4-7(10)8-3-2-6-13-8/h8H,2-6H2,1H3. The number of hydrogen-bond acceptors (Lipinski definition) is 4. The van der Waals surface area contributed by atoms with E-state index in [1.54, 1.807) is 0 Å². The molecule has 1 atom stereocenters. The van der Waals surface area contributed by atoms with Gasteiger partial charge in [0, 0.05) is 13.0 Å². The van der Waals surface area contributed by atoms with Crippen LogP contribution < -0.4 is 0 Å². The van der Waals surface area contributed by atoms with Gasteiger partial charge in [0.2, 0.25) is 0 Å². The van der Waals surface area contributed by atoms with Gasteiger partial charge in [0.25, 0.3) is 0 Å². The van der Waals surface area contributed by atoms with E-state index in [2.05, 4.69) is 4.74 Å². The van der Waals surface area contributed by atoms with Crippen molar-refractivity contribution in [3.8, 4) is 0 Å². The summed E-state index contributed by atoms with van der Waals surface area (Å²) in [4.78, 5) is 22.0. The molecule has 1 fully saturated rings. The third-order valence-electron chi connectivity index (χ3n) is 2.09. The van der Waals surface area contributed by atoms with E-state index in [0.29, 0.717) is 6.61 Å². The minimum atomic E-state index is -0.341. The molecule has 1 aliphatic rings. The molecule has 1 saturated heterocycles. The molecule has 0 aromatic carbocycles. The van der Waals surface area contributed by atoms with E-state index in [-0.39, 0.29) is 30.7 Å². The zero-order valence-electron chi connectivity index (χ0n) is 7.75.